The summed E-state index contributed by atoms with van der Waals surface area (Å²) in [5, 5.41) is 3.52. The molecular weight excluding hydrogens is 248 g/mol. The van der Waals surface area contributed by atoms with Crippen LogP contribution in [0.2, 0.25) is 0 Å². The Morgan fingerprint density at radius 1 is 1.25 bits per heavy atom. The summed E-state index contributed by atoms with van der Waals surface area (Å²) in [5.74, 6) is 0.872. The Morgan fingerprint density at radius 3 is 2.55 bits per heavy atom. The van der Waals surface area contributed by atoms with Gasteiger partial charge in [-0.2, -0.15) is 0 Å². The summed E-state index contributed by atoms with van der Waals surface area (Å²) in [6.07, 6.45) is 3.08. The molecule has 2 rings (SSSR count). The standard InChI is InChI=1S/C17H26N2O/c1-4-19-16(12-13(2)3)18-15(17(19)20)11-10-14-8-6-5-7-9-14/h5-9,13,15-16,18H,4,10-12H2,1-3H3. The lowest BCUT2D eigenvalue weighted by Crippen LogP contribution is -2.38. The Bertz CT molecular complexity index is 430. The number of likely N-dealkylation sites (N-methyl/N-ethyl adjacent to an activating group) is 1. The van der Waals surface area contributed by atoms with Crippen LogP contribution in [0.25, 0.3) is 0 Å². The molecule has 0 aliphatic carbocycles. The summed E-state index contributed by atoms with van der Waals surface area (Å²) in [4.78, 5) is 14.4. The fourth-order valence-electron chi connectivity index (χ4n) is 2.93. The quantitative estimate of drug-likeness (QED) is 0.865. The van der Waals surface area contributed by atoms with Gasteiger partial charge in [-0.15, -0.1) is 0 Å². The van der Waals surface area contributed by atoms with Gasteiger partial charge in [0.15, 0.2) is 0 Å². The van der Waals surface area contributed by atoms with E-state index in [1.807, 2.05) is 11.0 Å². The molecule has 0 radical (unpaired) electrons. The number of rotatable bonds is 6. The van der Waals surface area contributed by atoms with E-state index in [9.17, 15) is 4.79 Å². The average Bonchev–Trinajstić information content (AvgIpc) is 2.72. The second-order valence-corrected chi connectivity index (χ2v) is 6.01. The minimum absolute atomic E-state index is 0.0149. The Balaban J connectivity index is 1.94. The molecule has 0 saturated carbocycles. The molecule has 1 N–H and O–H groups in total. The van der Waals surface area contributed by atoms with Crippen LogP contribution >= 0.6 is 0 Å². The van der Waals surface area contributed by atoms with Gasteiger partial charge in [0.05, 0.1) is 12.2 Å². The van der Waals surface area contributed by atoms with Crippen molar-refractivity contribution >= 4 is 5.91 Å². The highest BCUT2D eigenvalue weighted by atomic mass is 16.2. The van der Waals surface area contributed by atoms with E-state index >= 15 is 0 Å². The van der Waals surface area contributed by atoms with Crippen molar-refractivity contribution in [1.29, 1.82) is 0 Å². The van der Waals surface area contributed by atoms with E-state index in [-0.39, 0.29) is 18.1 Å². The van der Waals surface area contributed by atoms with Crippen LogP contribution in [0.4, 0.5) is 0 Å². The van der Waals surface area contributed by atoms with Gasteiger partial charge in [0, 0.05) is 6.54 Å². The number of hydrogen-bond donors (Lipinski definition) is 1. The van der Waals surface area contributed by atoms with Crippen molar-refractivity contribution in [2.75, 3.05) is 6.54 Å². The molecular formula is C17H26N2O. The van der Waals surface area contributed by atoms with Crippen LogP contribution in [-0.2, 0) is 11.2 Å². The summed E-state index contributed by atoms with van der Waals surface area (Å²) >= 11 is 0. The number of amides is 1. The lowest BCUT2D eigenvalue weighted by atomic mass is 10.1. The number of aryl methyl sites for hydroxylation is 1. The third kappa shape index (κ3) is 3.60. The zero-order valence-electron chi connectivity index (χ0n) is 12.8. The summed E-state index contributed by atoms with van der Waals surface area (Å²) in [5.41, 5.74) is 1.30. The molecule has 1 aromatic carbocycles. The van der Waals surface area contributed by atoms with Gasteiger partial charge < -0.3 is 4.90 Å². The fourth-order valence-corrected chi connectivity index (χ4v) is 2.93. The molecule has 1 aromatic rings. The molecule has 2 atom stereocenters. The first-order chi connectivity index (χ1) is 9.61. The number of carbonyl (C=O) groups excluding carboxylic acids is 1. The highest BCUT2D eigenvalue weighted by Crippen LogP contribution is 2.20. The molecule has 20 heavy (non-hydrogen) atoms. The average molecular weight is 274 g/mol. The van der Waals surface area contributed by atoms with Crippen molar-refractivity contribution in [3.63, 3.8) is 0 Å². The second kappa shape index (κ2) is 6.89. The van der Waals surface area contributed by atoms with Crippen molar-refractivity contribution in [2.24, 2.45) is 5.92 Å². The van der Waals surface area contributed by atoms with Gasteiger partial charge in [0.25, 0.3) is 0 Å². The molecule has 1 aliphatic rings. The molecule has 1 fully saturated rings. The van der Waals surface area contributed by atoms with Crippen molar-refractivity contribution < 1.29 is 4.79 Å². The zero-order chi connectivity index (χ0) is 14.5. The first-order valence-corrected chi connectivity index (χ1v) is 7.72. The smallest absolute Gasteiger partial charge is 0.241 e. The maximum absolute atomic E-state index is 12.4. The second-order valence-electron chi connectivity index (χ2n) is 6.01. The van der Waals surface area contributed by atoms with E-state index < -0.39 is 0 Å². The Labute approximate surface area is 122 Å². The predicted octanol–water partition coefficient (Wildman–Crippen LogP) is 2.81. The van der Waals surface area contributed by atoms with Crippen LogP contribution in [0, 0.1) is 5.92 Å². The number of carbonyl (C=O) groups is 1. The van der Waals surface area contributed by atoms with Gasteiger partial charge >= 0.3 is 0 Å². The third-order valence-electron chi connectivity index (χ3n) is 3.95. The fraction of sp³-hybridized carbons (Fsp3) is 0.588. The Morgan fingerprint density at radius 2 is 1.95 bits per heavy atom. The van der Waals surface area contributed by atoms with Crippen LogP contribution in [0.15, 0.2) is 30.3 Å². The largest absolute Gasteiger partial charge is 0.326 e. The van der Waals surface area contributed by atoms with Crippen molar-refractivity contribution in [2.45, 2.75) is 52.2 Å². The highest BCUT2D eigenvalue weighted by Gasteiger charge is 2.37. The van der Waals surface area contributed by atoms with Crippen LogP contribution in [-0.4, -0.2) is 29.6 Å². The lowest BCUT2D eigenvalue weighted by molar-refractivity contribution is -0.130. The summed E-state index contributed by atoms with van der Waals surface area (Å²) in [6.45, 7) is 7.27. The van der Waals surface area contributed by atoms with Crippen LogP contribution in [0.5, 0.6) is 0 Å². The molecule has 0 aromatic heterocycles. The Kier molecular flexibility index (Phi) is 5.18. The van der Waals surface area contributed by atoms with Gasteiger partial charge in [-0.3, -0.25) is 10.1 Å². The van der Waals surface area contributed by atoms with E-state index in [0.29, 0.717) is 5.92 Å². The van der Waals surface area contributed by atoms with Crippen LogP contribution < -0.4 is 5.32 Å². The molecule has 1 aliphatic heterocycles. The van der Waals surface area contributed by atoms with E-state index in [1.165, 1.54) is 5.56 Å². The molecule has 0 bridgehead atoms. The van der Waals surface area contributed by atoms with Gasteiger partial charge in [-0.25, -0.2) is 0 Å². The molecule has 3 heteroatoms. The third-order valence-corrected chi connectivity index (χ3v) is 3.95. The molecule has 1 amide bonds. The zero-order valence-corrected chi connectivity index (χ0v) is 12.8. The van der Waals surface area contributed by atoms with Crippen molar-refractivity contribution in [3.05, 3.63) is 35.9 Å². The van der Waals surface area contributed by atoms with Crippen LogP contribution in [0.3, 0.4) is 0 Å². The van der Waals surface area contributed by atoms with E-state index in [1.54, 1.807) is 0 Å². The number of benzene rings is 1. The number of nitrogens with one attached hydrogen (secondary N) is 1. The molecule has 2 unspecified atom stereocenters. The molecule has 1 heterocycles. The Hall–Kier alpha value is -1.35. The minimum Gasteiger partial charge on any atom is -0.326 e. The van der Waals surface area contributed by atoms with E-state index in [4.69, 9.17) is 0 Å². The first kappa shape index (κ1) is 15.0. The summed E-state index contributed by atoms with van der Waals surface area (Å²) in [7, 11) is 0. The maximum atomic E-state index is 12.4. The van der Waals surface area contributed by atoms with E-state index in [2.05, 4.69) is 50.4 Å². The number of hydrogen-bond acceptors (Lipinski definition) is 2. The van der Waals surface area contributed by atoms with Crippen molar-refractivity contribution in [3.8, 4) is 0 Å². The molecule has 0 spiro atoms. The number of nitrogens with zero attached hydrogens (tertiary/aromatic N) is 1. The predicted molar refractivity (Wildman–Crippen MR) is 82.3 cm³/mol. The monoisotopic (exact) mass is 274 g/mol. The van der Waals surface area contributed by atoms with Gasteiger partial charge in [0.1, 0.15) is 0 Å². The summed E-state index contributed by atoms with van der Waals surface area (Å²) in [6, 6.07) is 10.4. The van der Waals surface area contributed by atoms with Gasteiger partial charge in [-0.1, -0.05) is 44.2 Å². The highest BCUT2D eigenvalue weighted by molar-refractivity contribution is 5.84. The van der Waals surface area contributed by atoms with Gasteiger partial charge in [0.2, 0.25) is 5.91 Å². The topological polar surface area (TPSA) is 32.3 Å². The lowest BCUT2D eigenvalue weighted by Gasteiger charge is -2.23. The molecule has 110 valence electrons. The summed E-state index contributed by atoms with van der Waals surface area (Å²) < 4.78 is 0. The molecule has 1 saturated heterocycles. The van der Waals surface area contributed by atoms with Crippen molar-refractivity contribution in [1.82, 2.24) is 10.2 Å². The van der Waals surface area contributed by atoms with E-state index in [0.717, 1.165) is 25.8 Å². The molecule has 3 nitrogen and oxygen atoms in total. The maximum Gasteiger partial charge on any atom is 0.241 e. The van der Waals surface area contributed by atoms with Crippen LogP contribution in [0.1, 0.15) is 39.2 Å². The van der Waals surface area contributed by atoms with Gasteiger partial charge in [-0.05, 0) is 37.7 Å². The SMILES string of the molecule is CCN1C(=O)C(CCc2ccccc2)NC1CC(C)C. The first-order valence-electron chi connectivity index (χ1n) is 7.72. The minimum atomic E-state index is -0.0149. The normalized spacial score (nSPS) is 22.8.